The number of benzene rings is 1. The Kier molecular flexibility index (Phi) is 4.32. The zero-order valence-electron chi connectivity index (χ0n) is 9.47. The maximum atomic E-state index is 9.18. The predicted molar refractivity (Wildman–Crippen MR) is 61.8 cm³/mol. The molecular formula is C11H14N2O3. The molecule has 86 valence electrons. The first kappa shape index (κ1) is 12.0. The highest BCUT2D eigenvalue weighted by Gasteiger charge is 2.09. The summed E-state index contributed by atoms with van der Waals surface area (Å²) in [5.41, 5.74) is 1.94. The van der Waals surface area contributed by atoms with Gasteiger partial charge >= 0.3 is 0 Å². The Morgan fingerprint density at radius 1 is 1.06 bits per heavy atom. The highest BCUT2D eigenvalue weighted by molar-refractivity contribution is 6.47. The molecule has 0 aromatic heterocycles. The first-order valence-corrected chi connectivity index (χ1v) is 4.67. The van der Waals surface area contributed by atoms with Crippen LogP contribution in [0.1, 0.15) is 12.5 Å². The molecule has 1 aromatic rings. The fourth-order valence-electron chi connectivity index (χ4n) is 1.22. The Hall–Kier alpha value is -2.04. The Morgan fingerprint density at radius 2 is 1.62 bits per heavy atom. The molecule has 5 heteroatoms. The lowest BCUT2D eigenvalue weighted by Crippen LogP contribution is -2.13. The minimum atomic E-state index is 0.196. The fraction of sp³-hybridized carbons (Fsp3) is 0.273. The highest BCUT2D eigenvalue weighted by atomic mass is 16.6. The Morgan fingerprint density at radius 3 is 2.12 bits per heavy atom. The second-order valence-electron chi connectivity index (χ2n) is 3.03. The second-order valence-corrected chi connectivity index (χ2v) is 3.03. The van der Waals surface area contributed by atoms with Crippen molar-refractivity contribution in [2.45, 2.75) is 6.92 Å². The normalized spacial score (nSPS) is 12.4. The number of hydrogen-bond acceptors (Lipinski definition) is 5. The highest BCUT2D eigenvalue weighted by Crippen LogP contribution is 2.11. The number of oxime groups is 2. The minimum absolute atomic E-state index is 0.196. The molecule has 0 radical (unpaired) electrons. The predicted octanol–water partition coefficient (Wildman–Crippen LogP) is 1.77. The smallest absolute Gasteiger partial charge is 0.134 e. The van der Waals surface area contributed by atoms with E-state index in [-0.39, 0.29) is 5.75 Å². The van der Waals surface area contributed by atoms with Crippen LogP contribution in [0.2, 0.25) is 0 Å². The minimum Gasteiger partial charge on any atom is -0.508 e. The molecule has 0 fully saturated rings. The third-order valence-corrected chi connectivity index (χ3v) is 1.89. The van der Waals surface area contributed by atoms with E-state index in [1.807, 2.05) is 0 Å². The molecule has 0 aliphatic rings. The third-order valence-electron chi connectivity index (χ3n) is 1.89. The van der Waals surface area contributed by atoms with Crippen LogP contribution in [-0.4, -0.2) is 30.7 Å². The summed E-state index contributed by atoms with van der Waals surface area (Å²) in [6.07, 6.45) is 0. The van der Waals surface area contributed by atoms with Crippen molar-refractivity contribution in [2.75, 3.05) is 14.2 Å². The first-order chi connectivity index (χ1) is 7.69. The number of phenolic OH excluding ortho intramolecular Hbond substituents is 1. The summed E-state index contributed by atoms with van der Waals surface area (Å²) in [5.74, 6) is 0.196. The standard InChI is InChI=1S/C11H14N2O3/c1-8(12-15-2)11(13-16-3)9-4-6-10(14)7-5-9/h4-7,14H,1-3H3/b12-8+,13-11-. The van der Waals surface area contributed by atoms with E-state index < -0.39 is 0 Å². The molecule has 0 amide bonds. The van der Waals surface area contributed by atoms with Crippen LogP contribution in [0, 0.1) is 0 Å². The summed E-state index contributed by atoms with van der Waals surface area (Å²) in [6, 6.07) is 6.59. The van der Waals surface area contributed by atoms with Gasteiger partial charge in [-0.05, 0) is 31.2 Å². The van der Waals surface area contributed by atoms with Crippen molar-refractivity contribution in [1.82, 2.24) is 0 Å². The summed E-state index contributed by atoms with van der Waals surface area (Å²) in [6.45, 7) is 1.76. The van der Waals surface area contributed by atoms with Crippen molar-refractivity contribution in [1.29, 1.82) is 0 Å². The van der Waals surface area contributed by atoms with E-state index in [1.54, 1.807) is 31.2 Å². The van der Waals surface area contributed by atoms with Gasteiger partial charge in [0.05, 0.1) is 0 Å². The average Bonchev–Trinajstić information content (AvgIpc) is 2.28. The molecule has 0 aliphatic heterocycles. The quantitative estimate of drug-likeness (QED) is 0.623. The lowest BCUT2D eigenvalue weighted by atomic mass is 10.1. The van der Waals surface area contributed by atoms with E-state index in [1.165, 1.54) is 14.2 Å². The van der Waals surface area contributed by atoms with E-state index in [4.69, 9.17) is 4.84 Å². The van der Waals surface area contributed by atoms with Crippen LogP contribution in [-0.2, 0) is 9.68 Å². The topological polar surface area (TPSA) is 63.4 Å². The van der Waals surface area contributed by atoms with Crippen molar-refractivity contribution in [3.8, 4) is 5.75 Å². The second kappa shape index (κ2) is 5.75. The molecular weight excluding hydrogens is 208 g/mol. The maximum Gasteiger partial charge on any atom is 0.134 e. The van der Waals surface area contributed by atoms with Crippen LogP contribution >= 0.6 is 0 Å². The van der Waals surface area contributed by atoms with E-state index in [0.717, 1.165) is 5.56 Å². The summed E-state index contributed by atoms with van der Waals surface area (Å²) in [5, 5.41) is 16.8. The Balaban J connectivity index is 3.08. The lowest BCUT2D eigenvalue weighted by Gasteiger charge is -2.04. The number of nitrogens with zero attached hydrogens (tertiary/aromatic N) is 2. The molecule has 0 unspecified atom stereocenters. The van der Waals surface area contributed by atoms with Gasteiger partial charge < -0.3 is 14.8 Å². The molecule has 0 aliphatic carbocycles. The summed E-state index contributed by atoms with van der Waals surface area (Å²) in [4.78, 5) is 9.42. The summed E-state index contributed by atoms with van der Waals surface area (Å²) < 4.78 is 0. The molecule has 0 spiro atoms. The van der Waals surface area contributed by atoms with Gasteiger partial charge in [-0.2, -0.15) is 0 Å². The SMILES string of the molecule is CO/N=C(C)/C(=N/OC)c1ccc(O)cc1. The van der Waals surface area contributed by atoms with Crippen molar-refractivity contribution in [3.05, 3.63) is 29.8 Å². The average molecular weight is 222 g/mol. The maximum absolute atomic E-state index is 9.18. The van der Waals surface area contributed by atoms with Crippen molar-refractivity contribution in [3.63, 3.8) is 0 Å². The van der Waals surface area contributed by atoms with Gasteiger partial charge in [0.25, 0.3) is 0 Å². The fourth-order valence-corrected chi connectivity index (χ4v) is 1.22. The van der Waals surface area contributed by atoms with Gasteiger partial charge in [-0.15, -0.1) is 0 Å². The van der Waals surface area contributed by atoms with Crippen LogP contribution in [0.25, 0.3) is 0 Å². The van der Waals surface area contributed by atoms with E-state index in [0.29, 0.717) is 11.4 Å². The molecule has 1 aromatic carbocycles. The van der Waals surface area contributed by atoms with Crippen molar-refractivity contribution in [2.24, 2.45) is 10.3 Å². The number of phenols is 1. The molecule has 0 atom stereocenters. The molecule has 0 heterocycles. The zero-order chi connectivity index (χ0) is 12.0. The van der Waals surface area contributed by atoms with Gasteiger partial charge in [0, 0.05) is 5.56 Å². The van der Waals surface area contributed by atoms with Crippen LogP contribution in [0.15, 0.2) is 34.6 Å². The Labute approximate surface area is 94.0 Å². The Bertz CT molecular complexity index is 396. The van der Waals surface area contributed by atoms with Crippen LogP contribution in [0.5, 0.6) is 5.75 Å². The largest absolute Gasteiger partial charge is 0.508 e. The molecule has 1 rings (SSSR count). The van der Waals surface area contributed by atoms with Gasteiger partial charge in [-0.25, -0.2) is 0 Å². The molecule has 5 nitrogen and oxygen atoms in total. The van der Waals surface area contributed by atoms with Crippen LogP contribution in [0.4, 0.5) is 0 Å². The number of rotatable bonds is 4. The molecule has 1 N–H and O–H groups in total. The van der Waals surface area contributed by atoms with Crippen LogP contribution in [0.3, 0.4) is 0 Å². The van der Waals surface area contributed by atoms with Gasteiger partial charge in [-0.1, -0.05) is 10.3 Å². The third kappa shape index (κ3) is 2.98. The zero-order valence-corrected chi connectivity index (χ0v) is 9.47. The van der Waals surface area contributed by atoms with Gasteiger partial charge in [-0.3, -0.25) is 0 Å². The molecule has 0 bridgehead atoms. The van der Waals surface area contributed by atoms with Crippen molar-refractivity contribution < 1.29 is 14.8 Å². The lowest BCUT2D eigenvalue weighted by molar-refractivity contribution is 0.210. The molecule has 16 heavy (non-hydrogen) atoms. The van der Waals surface area contributed by atoms with Gasteiger partial charge in [0.1, 0.15) is 31.4 Å². The van der Waals surface area contributed by atoms with Crippen LogP contribution < -0.4 is 0 Å². The monoisotopic (exact) mass is 222 g/mol. The van der Waals surface area contributed by atoms with Gasteiger partial charge in [0.15, 0.2) is 0 Å². The van der Waals surface area contributed by atoms with E-state index in [9.17, 15) is 5.11 Å². The molecule has 0 saturated carbocycles. The number of aromatic hydroxyl groups is 1. The van der Waals surface area contributed by atoms with E-state index >= 15 is 0 Å². The molecule has 0 saturated heterocycles. The van der Waals surface area contributed by atoms with Gasteiger partial charge in [0.2, 0.25) is 0 Å². The number of hydrogen-bond donors (Lipinski definition) is 1. The van der Waals surface area contributed by atoms with Crippen molar-refractivity contribution >= 4 is 11.4 Å². The first-order valence-electron chi connectivity index (χ1n) is 4.67. The summed E-state index contributed by atoms with van der Waals surface area (Å²) >= 11 is 0. The van der Waals surface area contributed by atoms with E-state index in [2.05, 4.69) is 15.1 Å². The summed E-state index contributed by atoms with van der Waals surface area (Å²) in [7, 11) is 2.92.